The van der Waals surface area contributed by atoms with Crippen LogP contribution in [0.1, 0.15) is 10.4 Å². The third-order valence-electron chi connectivity index (χ3n) is 1.41. The van der Waals surface area contributed by atoms with Crippen LogP contribution >= 0.6 is 50.7 Å². The lowest BCUT2D eigenvalue weighted by Gasteiger charge is -2.03. The largest absolute Gasteiger partial charge is 0.293 e. The van der Waals surface area contributed by atoms with Gasteiger partial charge in [-0.3, -0.25) is 4.79 Å². The number of hydrogen-bond donors (Lipinski definition) is 0. The van der Waals surface area contributed by atoms with Crippen molar-refractivity contribution < 1.29 is 4.79 Å². The Morgan fingerprint density at radius 3 is 2.46 bits per heavy atom. The molecule has 70 valence electrons. The van der Waals surface area contributed by atoms with Crippen LogP contribution in [0.25, 0.3) is 0 Å². The molecule has 0 radical (unpaired) electrons. The average Bonchev–Trinajstić information content (AvgIpc) is 2.10. The standard InChI is InChI=1S/C8H4BrCl3O/c9-3-7(13)5-1-4(10)2-6(11)8(5)12/h1-2H,3H2. The third-order valence-corrected chi connectivity index (χ3v) is 2.94. The lowest BCUT2D eigenvalue weighted by molar-refractivity contribution is 0.102. The van der Waals surface area contributed by atoms with Crippen LogP contribution in [-0.2, 0) is 0 Å². The molecule has 0 spiro atoms. The number of carbonyl (C=O) groups excluding carboxylic acids is 1. The number of carbonyl (C=O) groups is 1. The van der Waals surface area contributed by atoms with Crippen molar-refractivity contribution in [2.45, 2.75) is 0 Å². The first-order valence-corrected chi connectivity index (χ1v) is 5.55. The number of halogens is 4. The smallest absolute Gasteiger partial charge is 0.174 e. The zero-order chi connectivity index (χ0) is 10.0. The van der Waals surface area contributed by atoms with E-state index in [1.165, 1.54) is 12.1 Å². The van der Waals surface area contributed by atoms with Crippen LogP contribution in [0, 0.1) is 0 Å². The molecular weight excluding hydrogens is 298 g/mol. The van der Waals surface area contributed by atoms with Gasteiger partial charge in [-0.1, -0.05) is 50.7 Å². The van der Waals surface area contributed by atoms with Crippen LogP contribution < -0.4 is 0 Å². The molecule has 1 nitrogen and oxygen atoms in total. The molecule has 1 aromatic carbocycles. The molecule has 0 aliphatic rings. The Labute approximate surface area is 99.1 Å². The van der Waals surface area contributed by atoms with E-state index < -0.39 is 0 Å². The van der Waals surface area contributed by atoms with Crippen molar-refractivity contribution in [3.63, 3.8) is 0 Å². The van der Waals surface area contributed by atoms with Crippen molar-refractivity contribution in [2.24, 2.45) is 0 Å². The summed E-state index contributed by atoms with van der Waals surface area (Å²) >= 11 is 20.3. The van der Waals surface area contributed by atoms with Gasteiger partial charge >= 0.3 is 0 Å². The number of alkyl halides is 1. The Balaban J connectivity index is 3.28. The summed E-state index contributed by atoms with van der Waals surface area (Å²) in [6.45, 7) is 0. The monoisotopic (exact) mass is 300 g/mol. The molecule has 13 heavy (non-hydrogen) atoms. The van der Waals surface area contributed by atoms with Gasteiger partial charge in [-0.05, 0) is 12.1 Å². The molecule has 0 unspecified atom stereocenters. The quantitative estimate of drug-likeness (QED) is 0.454. The molecule has 0 saturated heterocycles. The van der Waals surface area contributed by atoms with E-state index in [9.17, 15) is 4.79 Å². The van der Waals surface area contributed by atoms with Gasteiger partial charge in [-0.2, -0.15) is 0 Å². The first-order chi connectivity index (χ1) is 6.06. The molecule has 0 saturated carbocycles. The molecule has 0 atom stereocenters. The summed E-state index contributed by atoms with van der Waals surface area (Å²) in [5, 5.41) is 1.14. The second-order valence-corrected chi connectivity index (χ2v) is 4.09. The predicted molar refractivity (Wildman–Crippen MR) is 59.6 cm³/mol. The minimum atomic E-state index is -0.144. The summed E-state index contributed by atoms with van der Waals surface area (Å²) in [5.41, 5.74) is 0.344. The van der Waals surface area contributed by atoms with Gasteiger partial charge in [0.1, 0.15) is 0 Å². The van der Waals surface area contributed by atoms with Gasteiger partial charge in [-0.25, -0.2) is 0 Å². The molecule has 0 heterocycles. The van der Waals surface area contributed by atoms with Crippen LogP contribution in [0.15, 0.2) is 12.1 Å². The van der Waals surface area contributed by atoms with E-state index in [1.54, 1.807) is 0 Å². The fraction of sp³-hybridized carbons (Fsp3) is 0.125. The van der Waals surface area contributed by atoms with Crippen molar-refractivity contribution in [3.8, 4) is 0 Å². The van der Waals surface area contributed by atoms with Crippen molar-refractivity contribution >= 4 is 56.5 Å². The fourth-order valence-electron chi connectivity index (χ4n) is 0.831. The van der Waals surface area contributed by atoms with Crippen LogP contribution in [-0.4, -0.2) is 11.1 Å². The van der Waals surface area contributed by atoms with Crippen molar-refractivity contribution in [2.75, 3.05) is 5.33 Å². The number of benzene rings is 1. The second kappa shape index (κ2) is 4.65. The second-order valence-electron chi connectivity index (χ2n) is 2.31. The van der Waals surface area contributed by atoms with E-state index in [1.807, 2.05) is 0 Å². The Kier molecular flexibility index (Phi) is 4.05. The number of rotatable bonds is 2. The SMILES string of the molecule is O=C(CBr)c1cc(Cl)cc(Cl)c1Cl. The van der Waals surface area contributed by atoms with Crippen LogP contribution in [0.4, 0.5) is 0 Å². The minimum absolute atomic E-state index is 0.144. The molecule has 1 aromatic rings. The Morgan fingerprint density at radius 2 is 1.92 bits per heavy atom. The van der Waals surface area contributed by atoms with Gasteiger partial charge in [0.2, 0.25) is 0 Å². The summed E-state index contributed by atoms with van der Waals surface area (Å²) in [6.07, 6.45) is 0. The summed E-state index contributed by atoms with van der Waals surface area (Å²) in [6, 6.07) is 3.00. The van der Waals surface area contributed by atoms with Crippen molar-refractivity contribution in [3.05, 3.63) is 32.8 Å². The number of Topliss-reactive ketones (excluding diaryl/α,β-unsaturated/α-hetero) is 1. The zero-order valence-corrected chi connectivity index (χ0v) is 10.1. The number of hydrogen-bond acceptors (Lipinski definition) is 1. The number of ketones is 1. The summed E-state index contributed by atoms with van der Waals surface area (Å²) in [4.78, 5) is 11.3. The Bertz CT molecular complexity index is 351. The third kappa shape index (κ3) is 2.59. The van der Waals surface area contributed by atoms with Gasteiger partial charge in [0.05, 0.1) is 15.4 Å². The molecule has 0 bridgehead atoms. The molecular formula is C8H4BrCl3O. The van der Waals surface area contributed by atoms with E-state index >= 15 is 0 Å². The summed E-state index contributed by atoms with van der Waals surface area (Å²) < 4.78 is 0. The van der Waals surface area contributed by atoms with Gasteiger partial charge in [0.25, 0.3) is 0 Å². The summed E-state index contributed by atoms with van der Waals surface area (Å²) in [5.74, 6) is -0.144. The summed E-state index contributed by atoms with van der Waals surface area (Å²) in [7, 11) is 0. The molecule has 0 amide bonds. The highest BCUT2D eigenvalue weighted by atomic mass is 79.9. The highest BCUT2D eigenvalue weighted by Gasteiger charge is 2.12. The molecule has 0 aliphatic heterocycles. The van der Waals surface area contributed by atoms with Gasteiger partial charge in [-0.15, -0.1) is 0 Å². The lowest BCUT2D eigenvalue weighted by atomic mass is 10.1. The van der Waals surface area contributed by atoms with E-state index in [-0.39, 0.29) is 16.1 Å². The lowest BCUT2D eigenvalue weighted by Crippen LogP contribution is -2.01. The zero-order valence-electron chi connectivity index (χ0n) is 6.28. The highest BCUT2D eigenvalue weighted by molar-refractivity contribution is 9.09. The first kappa shape index (κ1) is 11.3. The van der Waals surface area contributed by atoms with E-state index in [0.717, 1.165) is 0 Å². The molecule has 0 fully saturated rings. The van der Waals surface area contributed by atoms with E-state index in [4.69, 9.17) is 34.8 Å². The van der Waals surface area contributed by atoms with Gasteiger partial charge < -0.3 is 0 Å². The fourth-order valence-corrected chi connectivity index (χ4v) is 1.84. The van der Waals surface area contributed by atoms with Gasteiger partial charge in [0.15, 0.2) is 5.78 Å². The first-order valence-electron chi connectivity index (χ1n) is 3.30. The van der Waals surface area contributed by atoms with Crippen LogP contribution in [0.5, 0.6) is 0 Å². The molecule has 0 aliphatic carbocycles. The minimum Gasteiger partial charge on any atom is -0.293 e. The van der Waals surface area contributed by atoms with Crippen molar-refractivity contribution in [1.29, 1.82) is 0 Å². The maximum absolute atomic E-state index is 11.3. The Morgan fingerprint density at radius 1 is 1.31 bits per heavy atom. The van der Waals surface area contributed by atoms with Gasteiger partial charge in [0, 0.05) is 10.6 Å². The maximum atomic E-state index is 11.3. The maximum Gasteiger partial charge on any atom is 0.174 e. The molecule has 0 aromatic heterocycles. The van der Waals surface area contributed by atoms with Crippen molar-refractivity contribution in [1.82, 2.24) is 0 Å². The molecule has 1 rings (SSSR count). The topological polar surface area (TPSA) is 17.1 Å². The Hall–Kier alpha value is 0.240. The normalized spacial score (nSPS) is 10.2. The molecule has 0 N–H and O–H groups in total. The molecule has 5 heteroatoms. The van der Waals surface area contributed by atoms with Crippen LogP contribution in [0.2, 0.25) is 15.1 Å². The van der Waals surface area contributed by atoms with E-state index in [2.05, 4.69) is 15.9 Å². The highest BCUT2D eigenvalue weighted by Crippen LogP contribution is 2.30. The van der Waals surface area contributed by atoms with Crippen LogP contribution in [0.3, 0.4) is 0 Å². The van der Waals surface area contributed by atoms with E-state index in [0.29, 0.717) is 15.6 Å². The average molecular weight is 302 g/mol. The predicted octanol–water partition coefficient (Wildman–Crippen LogP) is 4.22.